The molecule has 2 aliphatic heterocycles. The summed E-state index contributed by atoms with van der Waals surface area (Å²) >= 11 is 0. The van der Waals surface area contributed by atoms with Crippen molar-refractivity contribution in [2.75, 3.05) is 31.6 Å². The van der Waals surface area contributed by atoms with Gasteiger partial charge in [0, 0.05) is 24.7 Å². The molecular weight excluding hydrogens is 384 g/mol. The highest BCUT2D eigenvalue weighted by molar-refractivity contribution is 5.64. The Morgan fingerprint density at radius 1 is 1.06 bits per heavy atom. The van der Waals surface area contributed by atoms with E-state index in [2.05, 4.69) is 76.6 Å². The molecule has 31 heavy (non-hydrogen) atoms. The number of benzene rings is 2. The third-order valence-electron chi connectivity index (χ3n) is 6.62. The maximum atomic E-state index is 6.05. The molecular formula is C27H30N2O2. The number of hydrogen-bond donors (Lipinski definition) is 0. The van der Waals surface area contributed by atoms with Crippen LogP contribution in [0.5, 0.6) is 11.5 Å². The first-order chi connectivity index (χ1) is 15.3. The largest absolute Gasteiger partial charge is 0.497 e. The van der Waals surface area contributed by atoms with Crippen molar-refractivity contribution in [3.05, 3.63) is 90.2 Å². The quantitative estimate of drug-likeness (QED) is 0.666. The van der Waals surface area contributed by atoms with E-state index in [0.717, 1.165) is 31.0 Å². The van der Waals surface area contributed by atoms with E-state index in [1.165, 1.54) is 36.2 Å². The Morgan fingerprint density at radius 2 is 1.94 bits per heavy atom. The van der Waals surface area contributed by atoms with Gasteiger partial charge < -0.3 is 14.4 Å². The molecule has 0 aromatic heterocycles. The highest BCUT2D eigenvalue weighted by atomic mass is 16.5. The zero-order chi connectivity index (χ0) is 21.0. The van der Waals surface area contributed by atoms with Crippen molar-refractivity contribution >= 4 is 5.69 Å². The molecule has 1 unspecified atom stereocenters. The van der Waals surface area contributed by atoms with Crippen LogP contribution in [0.2, 0.25) is 0 Å². The van der Waals surface area contributed by atoms with Gasteiger partial charge in [-0.1, -0.05) is 48.6 Å². The predicted molar refractivity (Wildman–Crippen MR) is 126 cm³/mol. The number of nitrogens with zero attached hydrogens (tertiary/aromatic N) is 2. The minimum absolute atomic E-state index is 0.220. The third-order valence-corrected chi connectivity index (χ3v) is 6.62. The number of ether oxygens (including phenoxy) is 2. The standard InChI is InChI=1S/C27H30N2O2/c1-30-24-14-12-21(13-15-24)16-18-28-17-6-8-23(28)19-29-25-9-3-2-7-22(25)20-31-27-11-5-4-10-26(27)29/h2-5,7,9-15,20,23,25H,6,8,16-19H2,1H3/t23-,25?/m1/s1. The lowest BCUT2D eigenvalue weighted by Gasteiger charge is -2.37. The molecule has 2 aromatic carbocycles. The normalized spacial score (nSPS) is 22.4. The van der Waals surface area contributed by atoms with Crippen molar-refractivity contribution in [3.63, 3.8) is 0 Å². The molecule has 1 saturated heterocycles. The van der Waals surface area contributed by atoms with Gasteiger partial charge in [-0.05, 0) is 55.6 Å². The van der Waals surface area contributed by atoms with Crippen LogP contribution < -0.4 is 14.4 Å². The van der Waals surface area contributed by atoms with Crippen LogP contribution in [0.1, 0.15) is 18.4 Å². The van der Waals surface area contributed by atoms with E-state index < -0.39 is 0 Å². The van der Waals surface area contributed by atoms with Crippen LogP contribution in [0, 0.1) is 0 Å². The summed E-state index contributed by atoms with van der Waals surface area (Å²) in [6, 6.07) is 17.7. The van der Waals surface area contributed by atoms with Crippen LogP contribution in [-0.4, -0.2) is 43.7 Å². The molecule has 160 valence electrons. The average molecular weight is 415 g/mol. The van der Waals surface area contributed by atoms with Gasteiger partial charge in [-0.2, -0.15) is 0 Å². The van der Waals surface area contributed by atoms with Gasteiger partial charge >= 0.3 is 0 Å². The molecule has 4 nitrogen and oxygen atoms in total. The highest BCUT2D eigenvalue weighted by Gasteiger charge is 2.32. The van der Waals surface area contributed by atoms with Gasteiger partial charge in [0.05, 0.1) is 25.1 Å². The van der Waals surface area contributed by atoms with Crippen LogP contribution in [0.3, 0.4) is 0 Å². The van der Waals surface area contributed by atoms with Gasteiger partial charge in [-0.15, -0.1) is 0 Å². The number of methoxy groups -OCH3 is 1. The zero-order valence-corrected chi connectivity index (χ0v) is 18.1. The van der Waals surface area contributed by atoms with Crippen LogP contribution in [-0.2, 0) is 6.42 Å². The number of anilines is 1. The second kappa shape index (κ2) is 9.03. The first-order valence-electron chi connectivity index (χ1n) is 11.3. The van der Waals surface area contributed by atoms with Crippen LogP contribution in [0.25, 0.3) is 0 Å². The summed E-state index contributed by atoms with van der Waals surface area (Å²) < 4.78 is 11.3. The number of allylic oxidation sites excluding steroid dienone is 2. The Balaban J connectivity index is 1.32. The lowest BCUT2D eigenvalue weighted by Crippen LogP contribution is -2.45. The Labute approximate surface area is 185 Å². The van der Waals surface area contributed by atoms with Gasteiger partial charge in [-0.25, -0.2) is 0 Å². The predicted octanol–water partition coefficient (Wildman–Crippen LogP) is 4.98. The maximum Gasteiger partial charge on any atom is 0.149 e. The van der Waals surface area contributed by atoms with Gasteiger partial charge in [-0.3, -0.25) is 4.90 Å². The van der Waals surface area contributed by atoms with Gasteiger partial charge in [0.2, 0.25) is 0 Å². The Morgan fingerprint density at radius 3 is 2.81 bits per heavy atom. The van der Waals surface area contributed by atoms with Crippen molar-refractivity contribution in [1.82, 2.24) is 4.90 Å². The van der Waals surface area contributed by atoms with Gasteiger partial charge in [0.1, 0.15) is 11.5 Å². The van der Waals surface area contributed by atoms with Crippen LogP contribution in [0.4, 0.5) is 5.69 Å². The number of likely N-dealkylation sites (tertiary alicyclic amines) is 1. The van der Waals surface area contributed by atoms with Crippen LogP contribution in [0.15, 0.2) is 84.7 Å². The summed E-state index contributed by atoms with van der Waals surface area (Å²) in [5, 5.41) is 0. The number of rotatable bonds is 6. The summed E-state index contributed by atoms with van der Waals surface area (Å²) in [6.07, 6.45) is 14.2. The molecule has 1 fully saturated rings. The molecule has 2 heterocycles. The Hall–Kier alpha value is -2.98. The SMILES string of the molecule is COc1ccc(CCN2CCC[C@@H]2CN2c3ccccc3OC=C3C=CC=CC32)cc1. The third kappa shape index (κ3) is 4.26. The van der Waals surface area contributed by atoms with Crippen molar-refractivity contribution in [3.8, 4) is 11.5 Å². The van der Waals surface area contributed by atoms with E-state index in [0.29, 0.717) is 6.04 Å². The van der Waals surface area contributed by atoms with Crippen molar-refractivity contribution in [1.29, 1.82) is 0 Å². The molecule has 1 aliphatic carbocycles. The van der Waals surface area contributed by atoms with E-state index >= 15 is 0 Å². The Kier molecular flexibility index (Phi) is 5.81. The van der Waals surface area contributed by atoms with Crippen molar-refractivity contribution < 1.29 is 9.47 Å². The van der Waals surface area contributed by atoms with Crippen LogP contribution >= 0.6 is 0 Å². The van der Waals surface area contributed by atoms with E-state index in [4.69, 9.17) is 9.47 Å². The fourth-order valence-electron chi connectivity index (χ4n) is 4.91. The van der Waals surface area contributed by atoms with E-state index in [1.807, 2.05) is 12.3 Å². The summed E-state index contributed by atoms with van der Waals surface area (Å²) in [4.78, 5) is 5.20. The molecule has 0 spiro atoms. The molecule has 5 rings (SSSR count). The molecule has 2 atom stereocenters. The van der Waals surface area contributed by atoms with E-state index in [9.17, 15) is 0 Å². The van der Waals surface area contributed by atoms with E-state index in [1.54, 1.807) is 7.11 Å². The Bertz CT molecular complexity index is 993. The number of hydrogen-bond acceptors (Lipinski definition) is 4. The average Bonchev–Trinajstić information content (AvgIpc) is 3.21. The van der Waals surface area contributed by atoms with Crippen molar-refractivity contribution in [2.24, 2.45) is 0 Å². The smallest absolute Gasteiger partial charge is 0.149 e. The first kappa shape index (κ1) is 20.0. The molecule has 0 bridgehead atoms. The zero-order valence-electron chi connectivity index (χ0n) is 18.1. The monoisotopic (exact) mass is 414 g/mol. The second-order valence-corrected chi connectivity index (χ2v) is 8.47. The molecule has 2 aromatic rings. The summed E-state index contributed by atoms with van der Waals surface area (Å²) in [5.41, 5.74) is 3.76. The lowest BCUT2D eigenvalue weighted by atomic mass is 10.00. The fraction of sp³-hybridized carbons (Fsp3) is 0.333. The molecule has 4 heteroatoms. The summed E-state index contributed by atoms with van der Waals surface area (Å²) in [5.74, 6) is 1.86. The van der Waals surface area contributed by atoms with E-state index in [-0.39, 0.29) is 6.04 Å². The molecule has 0 N–H and O–H groups in total. The maximum absolute atomic E-state index is 6.05. The van der Waals surface area contributed by atoms with Gasteiger partial charge in [0.15, 0.2) is 0 Å². The fourth-order valence-corrected chi connectivity index (χ4v) is 4.91. The summed E-state index contributed by atoms with van der Waals surface area (Å²) in [6.45, 7) is 3.27. The molecule has 0 amide bonds. The minimum Gasteiger partial charge on any atom is -0.497 e. The molecule has 0 radical (unpaired) electrons. The highest BCUT2D eigenvalue weighted by Crippen LogP contribution is 2.37. The lowest BCUT2D eigenvalue weighted by molar-refractivity contribution is 0.257. The minimum atomic E-state index is 0.220. The topological polar surface area (TPSA) is 24.9 Å². The molecule has 3 aliphatic rings. The second-order valence-electron chi connectivity index (χ2n) is 8.47. The first-order valence-corrected chi connectivity index (χ1v) is 11.3. The van der Waals surface area contributed by atoms with Gasteiger partial charge in [0.25, 0.3) is 0 Å². The summed E-state index contributed by atoms with van der Waals surface area (Å²) in [7, 11) is 1.72. The van der Waals surface area contributed by atoms with Crippen molar-refractivity contribution in [2.45, 2.75) is 31.3 Å². The molecule has 0 saturated carbocycles. The number of fused-ring (bicyclic) bond motifs is 2. The number of para-hydroxylation sites is 2.